The van der Waals surface area contributed by atoms with Gasteiger partial charge in [0.05, 0.1) is 12.2 Å². The van der Waals surface area contributed by atoms with Gasteiger partial charge in [0.25, 0.3) is 0 Å². The molecule has 134 valence electrons. The molecule has 0 atom stereocenters. The molecule has 27 heavy (non-hydrogen) atoms. The van der Waals surface area contributed by atoms with Crippen LogP contribution < -0.4 is 0 Å². The van der Waals surface area contributed by atoms with Crippen LogP contribution in [0.1, 0.15) is 21.9 Å². The van der Waals surface area contributed by atoms with Gasteiger partial charge < -0.3 is 14.1 Å². The van der Waals surface area contributed by atoms with Gasteiger partial charge in [-0.15, -0.1) is 0 Å². The summed E-state index contributed by atoms with van der Waals surface area (Å²) in [5.41, 5.74) is 2.86. The van der Waals surface area contributed by atoms with Gasteiger partial charge in [0.15, 0.2) is 0 Å². The first-order valence-electron chi connectivity index (χ1n) is 8.30. The number of fused-ring (bicyclic) bond motifs is 1. The first-order valence-corrected chi connectivity index (χ1v) is 9.09. The van der Waals surface area contributed by atoms with E-state index < -0.39 is 5.97 Å². The molecule has 2 heterocycles. The Morgan fingerprint density at radius 3 is 2.67 bits per heavy atom. The number of hydrogen-bond donors (Lipinski definition) is 1. The molecule has 0 saturated heterocycles. The lowest BCUT2D eigenvalue weighted by atomic mass is 10.2. The number of carbonyl (C=O) groups is 1. The minimum atomic E-state index is -1.07. The van der Waals surface area contributed by atoms with E-state index in [9.17, 15) is 4.79 Å². The summed E-state index contributed by atoms with van der Waals surface area (Å²) in [6.45, 7) is 0.441. The largest absolute Gasteiger partial charge is 0.475 e. The molecular weight excluding hydrogens is 408 g/mol. The predicted molar refractivity (Wildman–Crippen MR) is 108 cm³/mol. The van der Waals surface area contributed by atoms with Crippen molar-refractivity contribution >= 4 is 44.7 Å². The molecule has 0 saturated carbocycles. The molecule has 1 N–H and O–H groups in total. The summed E-state index contributed by atoms with van der Waals surface area (Å²) in [6.07, 6.45) is 3.83. The van der Waals surface area contributed by atoms with Gasteiger partial charge >= 0.3 is 5.97 Å². The predicted octanol–water partition coefficient (Wildman–Crippen LogP) is 5.49. The van der Waals surface area contributed by atoms with Crippen LogP contribution in [0.25, 0.3) is 10.9 Å². The molecule has 0 aliphatic carbocycles. The topological polar surface area (TPSA) is 67.7 Å². The second-order valence-electron chi connectivity index (χ2n) is 6.01. The van der Waals surface area contributed by atoms with Crippen molar-refractivity contribution in [2.45, 2.75) is 6.54 Å². The number of aromatic nitrogens is 1. The zero-order chi connectivity index (χ0) is 18.8. The Bertz CT molecular complexity index is 1160. The van der Waals surface area contributed by atoms with Crippen LogP contribution in [0.4, 0.5) is 5.69 Å². The molecule has 0 amide bonds. The molecule has 0 fully saturated rings. The van der Waals surface area contributed by atoms with Crippen molar-refractivity contribution in [1.82, 2.24) is 4.57 Å². The van der Waals surface area contributed by atoms with Gasteiger partial charge in [-0.3, -0.25) is 4.99 Å². The number of aromatic carboxylic acids is 1. The standard InChI is InChI=1S/C21H15BrN2O3/c22-17-6-2-3-7-18(17)23-11-14-12-24(19-8-4-1-5-16(14)19)13-15-9-10-20(27-15)21(25)26/h1-12H,13H2,(H,25,26). The maximum atomic E-state index is 11.0. The van der Waals surface area contributed by atoms with Gasteiger partial charge in [0, 0.05) is 33.4 Å². The number of carboxylic acids is 1. The molecule has 0 aliphatic heterocycles. The highest BCUT2D eigenvalue weighted by molar-refractivity contribution is 9.10. The highest BCUT2D eigenvalue weighted by Crippen LogP contribution is 2.26. The Hall–Kier alpha value is -3.12. The molecule has 4 aromatic rings. The highest BCUT2D eigenvalue weighted by atomic mass is 79.9. The summed E-state index contributed by atoms with van der Waals surface area (Å²) in [7, 11) is 0. The molecule has 0 aliphatic rings. The number of furan rings is 1. The third-order valence-corrected chi connectivity index (χ3v) is 4.88. The molecule has 5 nitrogen and oxygen atoms in total. The Morgan fingerprint density at radius 1 is 1.11 bits per heavy atom. The fourth-order valence-corrected chi connectivity index (χ4v) is 3.34. The molecule has 2 aromatic heterocycles. The normalized spacial score (nSPS) is 11.4. The van der Waals surface area contributed by atoms with Crippen molar-refractivity contribution in [3.05, 3.63) is 88.4 Å². The third kappa shape index (κ3) is 3.57. The maximum absolute atomic E-state index is 11.0. The molecule has 4 rings (SSSR count). The van der Waals surface area contributed by atoms with Crippen LogP contribution in [0.3, 0.4) is 0 Å². The Morgan fingerprint density at radius 2 is 1.89 bits per heavy atom. The summed E-state index contributed by atoms with van der Waals surface area (Å²) in [5.74, 6) is -0.542. The zero-order valence-corrected chi connectivity index (χ0v) is 15.8. The van der Waals surface area contributed by atoms with Crippen molar-refractivity contribution in [2.24, 2.45) is 4.99 Å². The number of carboxylic acid groups (broad SMARTS) is 1. The van der Waals surface area contributed by atoms with Crippen molar-refractivity contribution in [3.63, 3.8) is 0 Å². The molecule has 0 radical (unpaired) electrons. The smallest absolute Gasteiger partial charge is 0.371 e. The maximum Gasteiger partial charge on any atom is 0.371 e. The van der Waals surface area contributed by atoms with E-state index in [1.54, 1.807) is 6.07 Å². The number of rotatable bonds is 5. The van der Waals surface area contributed by atoms with Crippen LogP contribution >= 0.6 is 15.9 Å². The van der Waals surface area contributed by atoms with Crippen molar-refractivity contribution in [2.75, 3.05) is 0 Å². The van der Waals surface area contributed by atoms with Crippen molar-refractivity contribution in [1.29, 1.82) is 0 Å². The van der Waals surface area contributed by atoms with Gasteiger partial charge in [0.2, 0.25) is 5.76 Å². The number of nitrogens with zero attached hydrogens (tertiary/aromatic N) is 2. The van der Waals surface area contributed by atoms with Gasteiger partial charge in [-0.2, -0.15) is 0 Å². The minimum Gasteiger partial charge on any atom is -0.475 e. The van der Waals surface area contributed by atoms with Gasteiger partial charge in [-0.25, -0.2) is 4.79 Å². The molecule has 0 bridgehead atoms. The Balaban J connectivity index is 1.70. The number of halogens is 1. The van der Waals surface area contributed by atoms with Crippen LogP contribution in [0, 0.1) is 0 Å². The third-order valence-electron chi connectivity index (χ3n) is 4.21. The lowest BCUT2D eigenvalue weighted by Crippen LogP contribution is -1.97. The first-order chi connectivity index (χ1) is 13.1. The average molecular weight is 423 g/mol. The fraction of sp³-hybridized carbons (Fsp3) is 0.0476. The van der Waals surface area contributed by atoms with E-state index in [-0.39, 0.29) is 5.76 Å². The molecule has 6 heteroatoms. The van der Waals surface area contributed by atoms with E-state index in [2.05, 4.69) is 20.9 Å². The summed E-state index contributed by atoms with van der Waals surface area (Å²) in [5, 5.41) is 10.1. The van der Waals surface area contributed by atoms with Crippen LogP contribution in [-0.2, 0) is 6.54 Å². The summed E-state index contributed by atoms with van der Waals surface area (Å²) in [6, 6.07) is 19.0. The number of para-hydroxylation sites is 2. The molecule has 0 spiro atoms. The second kappa shape index (κ2) is 7.25. The zero-order valence-electron chi connectivity index (χ0n) is 14.2. The molecule has 2 aromatic carbocycles. The first kappa shape index (κ1) is 17.3. The Labute approximate surface area is 163 Å². The van der Waals surface area contributed by atoms with Gasteiger partial charge in [-0.1, -0.05) is 30.3 Å². The lowest BCUT2D eigenvalue weighted by molar-refractivity contribution is 0.0660. The van der Waals surface area contributed by atoms with Crippen molar-refractivity contribution < 1.29 is 14.3 Å². The van der Waals surface area contributed by atoms with E-state index in [1.165, 1.54) is 6.07 Å². The second-order valence-corrected chi connectivity index (χ2v) is 6.86. The summed E-state index contributed by atoms with van der Waals surface area (Å²) in [4.78, 5) is 15.6. The van der Waals surface area contributed by atoms with E-state index in [4.69, 9.17) is 9.52 Å². The monoisotopic (exact) mass is 422 g/mol. The molecular formula is C21H15BrN2O3. The number of benzene rings is 2. The lowest BCUT2D eigenvalue weighted by Gasteiger charge is -2.02. The highest BCUT2D eigenvalue weighted by Gasteiger charge is 2.12. The van der Waals surface area contributed by atoms with Gasteiger partial charge in [-0.05, 0) is 46.3 Å². The van der Waals surface area contributed by atoms with E-state index in [0.29, 0.717) is 12.3 Å². The van der Waals surface area contributed by atoms with Crippen molar-refractivity contribution in [3.8, 4) is 0 Å². The van der Waals surface area contributed by atoms with Crippen LogP contribution in [0.15, 0.2) is 80.7 Å². The van der Waals surface area contributed by atoms with E-state index in [1.807, 2.05) is 65.5 Å². The fourth-order valence-electron chi connectivity index (χ4n) is 2.95. The quantitative estimate of drug-likeness (QED) is 0.432. The van der Waals surface area contributed by atoms with Crippen LogP contribution in [0.2, 0.25) is 0 Å². The van der Waals surface area contributed by atoms with E-state index in [0.717, 1.165) is 26.6 Å². The number of aliphatic imine (C=N–C) groups is 1. The Kier molecular flexibility index (Phi) is 4.64. The summed E-state index contributed by atoms with van der Waals surface area (Å²) < 4.78 is 8.35. The average Bonchev–Trinajstić information content (AvgIpc) is 3.27. The van der Waals surface area contributed by atoms with Crippen LogP contribution in [0.5, 0.6) is 0 Å². The van der Waals surface area contributed by atoms with Crippen LogP contribution in [-0.4, -0.2) is 21.9 Å². The minimum absolute atomic E-state index is 0.0582. The molecule has 0 unspecified atom stereocenters. The summed E-state index contributed by atoms with van der Waals surface area (Å²) >= 11 is 3.50. The SMILES string of the molecule is O=C(O)c1ccc(Cn2cc(C=Nc3ccccc3Br)c3ccccc32)o1. The number of hydrogen-bond acceptors (Lipinski definition) is 3. The van der Waals surface area contributed by atoms with Gasteiger partial charge in [0.1, 0.15) is 5.76 Å². The van der Waals surface area contributed by atoms with E-state index >= 15 is 0 Å².